The number of aliphatic hydroxyl groups is 1. The maximum atomic E-state index is 12.8. The summed E-state index contributed by atoms with van der Waals surface area (Å²) in [6, 6.07) is 8.30. The van der Waals surface area contributed by atoms with E-state index in [0.717, 1.165) is 25.8 Å². The number of fused-ring (bicyclic) bond motifs is 1. The molecule has 4 heteroatoms. The molecular weight excluding hydrogens is 264 g/mol. The molecule has 1 aliphatic heterocycles. The van der Waals surface area contributed by atoms with Crippen LogP contribution in [0.5, 0.6) is 0 Å². The Labute approximate surface area is 127 Å². The smallest absolute Gasteiger partial charge is 0.240 e. The molecule has 1 aliphatic rings. The second kappa shape index (κ2) is 7.57. The normalized spacial score (nSPS) is 17.6. The van der Waals surface area contributed by atoms with Crippen LogP contribution in [-0.4, -0.2) is 41.1 Å². The van der Waals surface area contributed by atoms with Crippen LogP contribution in [0.2, 0.25) is 0 Å². The Morgan fingerprint density at radius 3 is 2.62 bits per heavy atom. The lowest BCUT2D eigenvalue weighted by atomic mass is 9.94. The van der Waals surface area contributed by atoms with Gasteiger partial charge in [-0.1, -0.05) is 38.1 Å². The second-order valence-electron chi connectivity index (χ2n) is 5.63. The van der Waals surface area contributed by atoms with Gasteiger partial charge in [0.15, 0.2) is 0 Å². The van der Waals surface area contributed by atoms with Crippen molar-refractivity contribution < 1.29 is 9.90 Å². The SMILES string of the molecule is CCC(CC)N(CCO)C(=O)[C@@H]1Cc2ccccc2CN1. The van der Waals surface area contributed by atoms with Crippen LogP contribution in [0.4, 0.5) is 0 Å². The van der Waals surface area contributed by atoms with Gasteiger partial charge in [-0.3, -0.25) is 4.79 Å². The molecule has 0 saturated heterocycles. The molecule has 0 saturated carbocycles. The van der Waals surface area contributed by atoms with Crippen molar-refractivity contribution in [2.24, 2.45) is 0 Å². The summed E-state index contributed by atoms with van der Waals surface area (Å²) < 4.78 is 0. The van der Waals surface area contributed by atoms with Crippen molar-refractivity contribution in [2.45, 2.75) is 51.7 Å². The molecule has 116 valence electrons. The zero-order valence-electron chi connectivity index (χ0n) is 13.0. The fourth-order valence-corrected chi connectivity index (χ4v) is 3.14. The van der Waals surface area contributed by atoms with E-state index in [1.54, 1.807) is 0 Å². The third-order valence-corrected chi connectivity index (χ3v) is 4.39. The lowest BCUT2D eigenvalue weighted by Gasteiger charge is -2.35. The lowest BCUT2D eigenvalue weighted by Crippen LogP contribution is -2.53. The van der Waals surface area contributed by atoms with Gasteiger partial charge in [0.2, 0.25) is 5.91 Å². The molecule has 1 heterocycles. The Morgan fingerprint density at radius 2 is 2.00 bits per heavy atom. The molecule has 4 nitrogen and oxygen atoms in total. The van der Waals surface area contributed by atoms with Crippen molar-refractivity contribution in [1.82, 2.24) is 10.2 Å². The lowest BCUT2D eigenvalue weighted by molar-refractivity contribution is -0.136. The summed E-state index contributed by atoms with van der Waals surface area (Å²) in [5, 5.41) is 12.6. The largest absolute Gasteiger partial charge is 0.395 e. The third-order valence-electron chi connectivity index (χ3n) is 4.39. The van der Waals surface area contributed by atoms with E-state index in [1.165, 1.54) is 11.1 Å². The molecular formula is C17H26N2O2. The molecule has 21 heavy (non-hydrogen) atoms. The summed E-state index contributed by atoms with van der Waals surface area (Å²) in [4.78, 5) is 14.7. The van der Waals surface area contributed by atoms with E-state index < -0.39 is 0 Å². The van der Waals surface area contributed by atoms with Crippen LogP contribution in [-0.2, 0) is 17.8 Å². The summed E-state index contributed by atoms with van der Waals surface area (Å²) in [5.74, 6) is 0.118. The van der Waals surface area contributed by atoms with Gasteiger partial charge in [0, 0.05) is 19.1 Å². The van der Waals surface area contributed by atoms with Gasteiger partial charge >= 0.3 is 0 Å². The Kier molecular flexibility index (Phi) is 5.76. The number of carbonyl (C=O) groups is 1. The summed E-state index contributed by atoms with van der Waals surface area (Å²) >= 11 is 0. The molecule has 0 fully saturated rings. The van der Waals surface area contributed by atoms with Crippen LogP contribution in [0, 0.1) is 0 Å². The van der Waals surface area contributed by atoms with Crippen LogP contribution >= 0.6 is 0 Å². The van der Waals surface area contributed by atoms with Crippen molar-refractivity contribution >= 4 is 5.91 Å². The molecule has 2 rings (SSSR count). The molecule has 0 spiro atoms. The van der Waals surface area contributed by atoms with Crippen LogP contribution in [0.25, 0.3) is 0 Å². The van der Waals surface area contributed by atoms with Gasteiger partial charge in [-0.15, -0.1) is 0 Å². The quantitative estimate of drug-likeness (QED) is 0.838. The highest BCUT2D eigenvalue weighted by Crippen LogP contribution is 2.19. The van der Waals surface area contributed by atoms with Crippen molar-refractivity contribution in [3.8, 4) is 0 Å². The second-order valence-corrected chi connectivity index (χ2v) is 5.63. The first-order valence-corrected chi connectivity index (χ1v) is 7.92. The number of amides is 1. The zero-order valence-corrected chi connectivity index (χ0v) is 13.0. The Bertz CT molecular complexity index is 472. The number of carbonyl (C=O) groups excluding carboxylic acids is 1. The molecule has 2 N–H and O–H groups in total. The first-order chi connectivity index (χ1) is 10.2. The van der Waals surface area contributed by atoms with Gasteiger partial charge in [0.1, 0.15) is 0 Å². The summed E-state index contributed by atoms with van der Waals surface area (Å²) in [7, 11) is 0. The Balaban J connectivity index is 2.11. The van der Waals surface area contributed by atoms with E-state index in [9.17, 15) is 9.90 Å². The number of hydrogen-bond acceptors (Lipinski definition) is 3. The van der Waals surface area contributed by atoms with Gasteiger partial charge in [-0.2, -0.15) is 0 Å². The van der Waals surface area contributed by atoms with Crippen molar-refractivity contribution in [3.05, 3.63) is 35.4 Å². The van der Waals surface area contributed by atoms with E-state index in [0.29, 0.717) is 6.54 Å². The monoisotopic (exact) mass is 290 g/mol. The summed E-state index contributed by atoms with van der Waals surface area (Å²) in [5.41, 5.74) is 2.53. The molecule has 1 aromatic rings. The van der Waals surface area contributed by atoms with Crippen LogP contribution < -0.4 is 5.32 Å². The van der Waals surface area contributed by atoms with E-state index in [1.807, 2.05) is 17.0 Å². The fraction of sp³-hybridized carbons (Fsp3) is 0.588. The highest BCUT2D eigenvalue weighted by molar-refractivity contribution is 5.83. The van der Waals surface area contributed by atoms with E-state index >= 15 is 0 Å². The highest BCUT2D eigenvalue weighted by Gasteiger charge is 2.30. The Hall–Kier alpha value is -1.39. The standard InChI is InChI=1S/C17H26N2O2/c1-3-15(4-2)19(9-10-20)17(21)16-11-13-7-5-6-8-14(13)12-18-16/h5-8,15-16,18,20H,3-4,9-12H2,1-2H3/t16-/m0/s1. The van der Waals surface area contributed by atoms with Crippen LogP contribution in [0.3, 0.4) is 0 Å². The number of benzene rings is 1. The predicted octanol–water partition coefficient (Wildman–Crippen LogP) is 1.71. The number of aliphatic hydroxyl groups excluding tert-OH is 1. The van der Waals surface area contributed by atoms with Crippen LogP contribution in [0.1, 0.15) is 37.8 Å². The molecule has 1 amide bonds. The third kappa shape index (κ3) is 3.63. The van der Waals surface area contributed by atoms with Crippen molar-refractivity contribution in [1.29, 1.82) is 0 Å². The molecule has 0 unspecified atom stereocenters. The minimum absolute atomic E-state index is 0.0194. The van der Waals surface area contributed by atoms with Gasteiger partial charge in [-0.25, -0.2) is 0 Å². The number of hydrogen-bond donors (Lipinski definition) is 2. The molecule has 1 atom stereocenters. The van der Waals surface area contributed by atoms with E-state index in [-0.39, 0.29) is 24.6 Å². The number of nitrogens with one attached hydrogen (secondary N) is 1. The maximum Gasteiger partial charge on any atom is 0.240 e. The van der Waals surface area contributed by atoms with Gasteiger partial charge in [0.05, 0.1) is 12.6 Å². The van der Waals surface area contributed by atoms with Gasteiger partial charge < -0.3 is 15.3 Å². The van der Waals surface area contributed by atoms with Gasteiger partial charge in [0.25, 0.3) is 0 Å². The first-order valence-electron chi connectivity index (χ1n) is 7.92. The topological polar surface area (TPSA) is 52.6 Å². The highest BCUT2D eigenvalue weighted by atomic mass is 16.3. The van der Waals surface area contributed by atoms with Crippen molar-refractivity contribution in [3.63, 3.8) is 0 Å². The average Bonchev–Trinajstić information content (AvgIpc) is 2.54. The minimum atomic E-state index is -0.174. The van der Waals surface area contributed by atoms with Crippen LogP contribution in [0.15, 0.2) is 24.3 Å². The molecule has 0 bridgehead atoms. The number of rotatable bonds is 6. The molecule has 0 aliphatic carbocycles. The van der Waals surface area contributed by atoms with E-state index in [4.69, 9.17) is 0 Å². The zero-order chi connectivity index (χ0) is 15.2. The molecule has 0 radical (unpaired) electrons. The molecule has 1 aromatic carbocycles. The predicted molar refractivity (Wildman–Crippen MR) is 83.9 cm³/mol. The average molecular weight is 290 g/mol. The first kappa shape index (κ1) is 16.0. The fourth-order valence-electron chi connectivity index (χ4n) is 3.14. The van der Waals surface area contributed by atoms with Crippen molar-refractivity contribution in [2.75, 3.05) is 13.2 Å². The minimum Gasteiger partial charge on any atom is -0.395 e. The molecule has 0 aromatic heterocycles. The van der Waals surface area contributed by atoms with Gasteiger partial charge in [-0.05, 0) is 30.4 Å². The number of nitrogens with zero attached hydrogens (tertiary/aromatic N) is 1. The maximum absolute atomic E-state index is 12.8. The Morgan fingerprint density at radius 1 is 1.33 bits per heavy atom. The summed E-state index contributed by atoms with van der Waals surface area (Å²) in [6.07, 6.45) is 2.58. The summed E-state index contributed by atoms with van der Waals surface area (Å²) in [6.45, 7) is 5.36. The van der Waals surface area contributed by atoms with E-state index in [2.05, 4.69) is 31.3 Å².